The van der Waals surface area contributed by atoms with Crippen LogP contribution in [0.4, 0.5) is 4.79 Å². The summed E-state index contributed by atoms with van der Waals surface area (Å²) in [6.07, 6.45) is 2.87. The van der Waals surface area contributed by atoms with Crippen LogP contribution in [0.2, 0.25) is 0 Å². The molecule has 9 heteroatoms. The Bertz CT molecular complexity index is 1020. The van der Waals surface area contributed by atoms with Gasteiger partial charge in [-0.2, -0.15) is 0 Å². The topological polar surface area (TPSA) is 97.0 Å². The predicted octanol–water partition coefficient (Wildman–Crippen LogP) is 2.21. The van der Waals surface area contributed by atoms with Gasteiger partial charge in [0.1, 0.15) is 12.1 Å². The number of carbonyl (C=O) groups is 3. The van der Waals surface area contributed by atoms with Crippen molar-refractivity contribution in [2.75, 3.05) is 27.3 Å². The average molecular weight is 444 g/mol. The second-order valence-electron chi connectivity index (χ2n) is 7.63. The van der Waals surface area contributed by atoms with Gasteiger partial charge in [-0.15, -0.1) is 11.3 Å². The third-order valence-electron chi connectivity index (χ3n) is 5.82. The fourth-order valence-electron chi connectivity index (χ4n) is 4.27. The van der Waals surface area contributed by atoms with Crippen LogP contribution in [0.15, 0.2) is 29.6 Å². The Morgan fingerprint density at radius 1 is 1.23 bits per heavy atom. The summed E-state index contributed by atoms with van der Waals surface area (Å²) in [5, 5.41) is 7.59. The molecule has 0 radical (unpaired) electrons. The molecular weight excluding hydrogens is 418 g/mol. The zero-order chi connectivity index (χ0) is 22.0. The molecule has 2 aromatic rings. The number of benzene rings is 1. The summed E-state index contributed by atoms with van der Waals surface area (Å²) in [7, 11) is 3.14. The fourth-order valence-corrected chi connectivity index (χ4v) is 5.27. The maximum Gasteiger partial charge on any atom is 0.325 e. The van der Waals surface area contributed by atoms with Gasteiger partial charge in [0.05, 0.1) is 14.2 Å². The maximum absolute atomic E-state index is 13.2. The summed E-state index contributed by atoms with van der Waals surface area (Å²) < 4.78 is 10.5. The average Bonchev–Trinajstić information content (AvgIpc) is 3.34. The smallest absolute Gasteiger partial charge is 0.325 e. The molecule has 4 rings (SSSR count). The monoisotopic (exact) mass is 443 g/mol. The molecule has 1 aromatic carbocycles. The Balaban J connectivity index is 1.35. The number of nitrogens with one attached hydrogen (secondary N) is 2. The van der Waals surface area contributed by atoms with Gasteiger partial charge in [0, 0.05) is 17.0 Å². The van der Waals surface area contributed by atoms with Crippen molar-refractivity contribution < 1.29 is 23.9 Å². The molecule has 2 N–H and O–H groups in total. The van der Waals surface area contributed by atoms with E-state index >= 15 is 0 Å². The first-order valence-corrected chi connectivity index (χ1v) is 11.0. The number of rotatable bonds is 7. The van der Waals surface area contributed by atoms with Gasteiger partial charge in [-0.05, 0) is 54.8 Å². The molecule has 2 aliphatic rings. The van der Waals surface area contributed by atoms with E-state index in [0.29, 0.717) is 30.9 Å². The van der Waals surface area contributed by atoms with Crippen molar-refractivity contribution in [2.45, 2.75) is 31.2 Å². The standard InChI is InChI=1S/C22H25N3O5S/c1-29-16-6-5-14(12-17(16)30-2)7-10-23-19(26)13-25-20(27)22(24-21(25)28)9-3-4-18-15(22)8-11-31-18/h5-6,8,11-12H,3-4,7,9-10,13H2,1-2H3,(H,23,26)(H,24,28). The van der Waals surface area contributed by atoms with E-state index in [1.807, 2.05) is 29.6 Å². The highest BCUT2D eigenvalue weighted by Gasteiger charge is 2.54. The number of ether oxygens (including phenoxy) is 2. The van der Waals surface area contributed by atoms with Gasteiger partial charge in [-0.25, -0.2) is 4.79 Å². The number of aryl methyl sites for hydroxylation is 1. The zero-order valence-corrected chi connectivity index (χ0v) is 18.3. The molecule has 1 aliphatic carbocycles. The molecular formula is C22H25N3O5S. The van der Waals surface area contributed by atoms with Gasteiger partial charge in [-0.3, -0.25) is 14.5 Å². The molecule has 1 unspecified atom stereocenters. The van der Waals surface area contributed by atoms with Gasteiger partial charge < -0.3 is 20.1 Å². The Morgan fingerprint density at radius 3 is 2.81 bits per heavy atom. The highest BCUT2D eigenvalue weighted by Crippen LogP contribution is 2.42. The number of imide groups is 1. The fraction of sp³-hybridized carbons (Fsp3) is 0.409. The Morgan fingerprint density at radius 2 is 2.03 bits per heavy atom. The summed E-state index contributed by atoms with van der Waals surface area (Å²) in [6.45, 7) is 0.0790. The van der Waals surface area contributed by atoms with Crippen LogP contribution in [0.5, 0.6) is 11.5 Å². The second-order valence-corrected chi connectivity index (χ2v) is 8.63. The van der Waals surface area contributed by atoms with Crippen LogP contribution in [-0.2, 0) is 28.0 Å². The van der Waals surface area contributed by atoms with Gasteiger partial charge in [0.2, 0.25) is 5.91 Å². The first-order valence-electron chi connectivity index (χ1n) is 10.2. The normalized spacial score (nSPS) is 19.9. The molecule has 0 saturated carbocycles. The second kappa shape index (κ2) is 8.58. The Kier molecular flexibility index (Phi) is 5.86. The lowest BCUT2D eigenvalue weighted by Gasteiger charge is -2.31. The number of methoxy groups -OCH3 is 2. The SMILES string of the molecule is COc1ccc(CCNC(=O)CN2C(=O)NC3(CCCc4sccc43)C2=O)cc1OC. The van der Waals surface area contributed by atoms with Gasteiger partial charge in [0.15, 0.2) is 11.5 Å². The minimum Gasteiger partial charge on any atom is -0.493 e. The van der Waals surface area contributed by atoms with Crippen LogP contribution < -0.4 is 20.1 Å². The lowest BCUT2D eigenvalue weighted by Crippen LogP contribution is -2.46. The molecule has 8 nitrogen and oxygen atoms in total. The third kappa shape index (κ3) is 3.85. The van der Waals surface area contributed by atoms with E-state index in [2.05, 4.69) is 10.6 Å². The zero-order valence-electron chi connectivity index (χ0n) is 17.5. The van der Waals surface area contributed by atoms with Crippen molar-refractivity contribution >= 4 is 29.2 Å². The molecule has 164 valence electrons. The van der Waals surface area contributed by atoms with Crippen LogP contribution in [0.3, 0.4) is 0 Å². The highest BCUT2D eigenvalue weighted by atomic mass is 32.1. The molecule has 31 heavy (non-hydrogen) atoms. The molecule has 1 spiro atoms. The minimum atomic E-state index is -1.02. The number of urea groups is 1. The number of hydrogen-bond donors (Lipinski definition) is 2. The molecule has 1 aromatic heterocycles. The molecule has 1 aliphatic heterocycles. The number of carbonyl (C=O) groups excluding carboxylic acids is 3. The third-order valence-corrected chi connectivity index (χ3v) is 6.80. The summed E-state index contributed by atoms with van der Waals surface area (Å²) in [4.78, 5) is 40.3. The lowest BCUT2D eigenvalue weighted by atomic mass is 9.80. The van der Waals surface area contributed by atoms with Gasteiger partial charge >= 0.3 is 6.03 Å². The van der Waals surface area contributed by atoms with E-state index in [1.54, 1.807) is 25.6 Å². The van der Waals surface area contributed by atoms with Crippen LogP contribution >= 0.6 is 11.3 Å². The largest absolute Gasteiger partial charge is 0.493 e. The molecule has 1 fully saturated rings. The van der Waals surface area contributed by atoms with Crippen molar-refractivity contribution in [2.24, 2.45) is 0 Å². The van der Waals surface area contributed by atoms with Gasteiger partial charge in [-0.1, -0.05) is 6.07 Å². The Hall–Kier alpha value is -3.07. The summed E-state index contributed by atoms with van der Waals surface area (Å²) in [5.41, 5.74) is 0.822. The molecule has 0 bridgehead atoms. The van der Waals surface area contributed by atoms with Crippen LogP contribution in [0.25, 0.3) is 0 Å². The number of amides is 4. The quantitative estimate of drug-likeness (QED) is 0.640. The molecule has 4 amide bonds. The first-order chi connectivity index (χ1) is 15.0. The maximum atomic E-state index is 13.2. The van der Waals surface area contributed by atoms with Crippen LogP contribution in [-0.4, -0.2) is 50.1 Å². The summed E-state index contributed by atoms with van der Waals surface area (Å²) in [5.74, 6) is 0.546. The van der Waals surface area contributed by atoms with E-state index in [4.69, 9.17) is 9.47 Å². The van der Waals surface area contributed by atoms with Crippen molar-refractivity contribution in [1.29, 1.82) is 0 Å². The molecule has 1 saturated heterocycles. The van der Waals surface area contributed by atoms with E-state index < -0.39 is 11.6 Å². The number of nitrogens with zero attached hydrogens (tertiary/aromatic N) is 1. The molecule has 1 atom stereocenters. The van der Waals surface area contributed by atoms with Gasteiger partial charge in [0.25, 0.3) is 5.91 Å². The summed E-state index contributed by atoms with van der Waals surface area (Å²) >= 11 is 1.60. The minimum absolute atomic E-state index is 0.294. The lowest BCUT2D eigenvalue weighted by molar-refractivity contribution is -0.135. The number of thiophene rings is 1. The number of fused-ring (bicyclic) bond motifs is 2. The van der Waals surface area contributed by atoms with Crippen molar-refractivity contribution in [3.05, 3.63) is 45.6 Å². The predicted molar refractivity (Wildman–Crippen MR) is 115 cm³/mol. The van der Waals surface area contributed by atoms with E-state index in [0.717, 1.165) is 33.7 Å². The number of hydrogen-bond acceptors (Lipinski definition) is 6. The van der Waals surface area contributed by atoms with E-state index in [-0.39, 0.29) is 18.4 Å². The molecule has 2 heterocycles. The van der Waals surface area contributed by atoms with Crippen LogP contribution in [0, 0.1) is 0 Å². The van der Waals surface area contributed by atoms with Crippen molar-refractivity contribution in [3.8, 4) is 11.5 Å². The van der Waals surface area contributed by atoms with Crippen molar-refractivity contribution in [1.82, 2.24) is 15.5 Å². The summed E-state index contributed by atoms with van der Waals surface area (Å²) in [6, 6.07) is 6.96. The highest BCUT2D eigenvalue weighted by molar-refractivity contribution is 7.10. The van der Waals surface area contributed by atoms with Crippen LogP contribution in [0.1, 0.15) is 28.8 Å². The van der Waals surface area contributed by atoms with Crippen molar-refractivity contribution in [3.63, 3.8) is 0 Å². The first kappa shape index (κ1) is 21.2. The van der Waals surface area contributed by atoms with E-state index in [1.165, 1.54) is 0 Å². The Labute approximate surface area is 184 Å². The van der Waals surface area contributed by atoms with E-state index in [9.17, 15) is 14.4 Å².